The lowest BCUT2D eigenvalue weighted by atomic mass is 9.76. The van der Waals surface area contributed by atoms with Crippen LogP contribution >= 0.6 is 23.2 Å². The molecule has 0 N–H and O–H groups in total. The van der Waals surface area contributed by atoms with Crippen molar-refractivity contribution in [2.75, 3.05) is 0 Å². The van der Waals surface area contributed by atoms with Crippen LogP contribution in [0.5, 0.6) is 0 Å². The van der Waals surface area contributed by atoms with Gasteiger partial charge in [-0.2, -0.15) is 4.98 Å². The van der Waals surface area contributed by atoms with Crippen molar-refractivity contribution in [3.8, 4) is 0 Å². The van der Waals surface area contributed by atoms with E-state index in [2.05, 4.69) is 51.4 Å². The molecule has 4 nitrogen and oxygen atoms in total. The van der Waals surface area contributed by atoms with Gasteiger partial charge in [0.1, 0.15) is 11.1 Å². The summed E-state index contributed by atoms with van der Waals surface area (Å²) in [7, 11) is 0. The molecule has 0 unspecified atom stereocenters. The van der Waals surface area contributed by atoms with Crippen molar-refractivity contribution < 1.29 is 0 Å². The summed E-state index contributed by atoms with van der Waals surface area (Å²) in [5, 5.41) is 0.309. The van der Waals surface area contributed by atoms with Gasteiger partial charge in [-0.1, -0.05) is 103 Å². The highest BCUT2D eigenvalue weighted by Gasteiger charge is 2.40. The minimum atomic E-state index is -0.737. The second-order valence-electron chi connectivity index (χ2n) is 6.88. The molecular weight excluding hydrogens is 415 g/mol. The number of halogens is 2. The van der Waals surface area contributed by atoms with Crippen LogP contribution in [-0.4, -0.2) is 19.5 Å². The van der Waals surface area contributed by atoms with E-state index in [9.17, 15) is 0 Å². The number of benzene rings is 3. The molecule has 0 atom stereocenters. The van der Waals surface area contributed by atoms with Crippen LogP contribution in [0.4, 0.5) is 0 Å². The van der Waals surface area contributed by atoms with Gasteiger partial charge in [0.05, 0.1) is 6.33 Å². The first-order valence-electron chi connectivity index (χ1n) is 9.44. The summed E-state index contributed by atoms with van der Waals surface area (Å²) in [5.74, 6) is 0. The largest absolute Gasteiger partial charge is 0.296 e. The van der Waals surface area contributed by atoms with Crippen LogP contribution in [0.2, 0.25) is 10.4 Å². The predicted molar refractivity (Wildman–Crippen MR) is 120 cm³/mol. The van der Waals surface area contributed by atoms with Gasteiger partial charge in [0.15, 0.2) is 10.8 Å². The molecule has 30 heavy (non-hydrogen) atoms. The van der Waals surface area contributed by atoms with E-state index < -0.39 is 5.54 Å². The van der Waals surface area contributed by atoms with Crippen molar-refractivity contribution in [3.63, 3.8) is 0 Å². The normalized spacial score (nSPS) is 11.7. The molecular formula is C24H16Cl2N4. The van der Waals surface area contributed by atoms with Crippen LogP contribution < -0.4 is 0 Å². The summed E-state index contributed by atoms with van der Waals surface area (Å²) >= 11 is 12.5. The molecule has 2 heterocycles. The van der Waals surface area contributed by atoms with Crippen LogP contribution in [0.25, 0.3) is 11.2 Å². The number of hydrogen-bond donors (Lipinski definition) is 0. The molecule has 0 spiro atoms. The van der Waals surface area contributed by atoms with Crippen molar-refractivity contribution in [2.45, 2.75) is 5.54 Å². The molecule has 0 aliphatic carbocycles. The van der Waals surface area contributed by atoms with E-state index in [-0.39, 0.29) is 10.4 Å². The standard InChI is InChI=1S/C24H16Cl2N4/c25-21-20-22(29-23(26)28-21)30(16-27-20)24(17-10-4-1-5-11-17,18-12-6-2-7-13-18)19-14-8-3-9-15-19/h1-16H. The summed E-state index contributed by atoms with van der Waals surface area (Å²) in [6.45, 7) is 0. The molecule has 3 aromatic carbocycles. The molecule has 5 aromatic rings. The van der Waals surface area contributed by atoms with Crippen molar-refractivity contribution in [3.05, 3.63) is 124 Å². The minimum Gasteiger partial charge on any atom is -0.296 e. The number of rotatable bonds is 4. The molecule has 146 valence electrons. The average Bonchev–Trinajstić information content (AvgIpc) is 3.21. The Kier molecular flexibility index (Phi) is 4.74. The van der Waals surface area contributed by atoms with Crippen LogP contribution in [0.15, 0.2) is 97.3 Å². The monoisotopic (exact) mass is 430 g/mol. The van der Waals surface area contributed by atoms with Crippen molar-refractivity contribution in [2.24, 2.45) is 0 Å². The molecule has 5 rings (SSSR count). The number of aromatic nitrogens is 4. The topological polar surface area (TPSA) is 43.6 Å². The van der Waals surface area contributed by atoms with Gasteiger partial charge < -0.3 is 0 Å². The lowest BCUT2D eigenvalue weighted by molar-refractivity contribution is 0.526. The van der Waals surface area contributed by atoms with Gasteiger partial charge in [0.25, 0.3) is 0 Å². The molecule has 6 heteroatoms. The van der Waals surface area contributed by atoms with Crippen LogP contribution in [0.3, 0.4) is 0 Å². The summed E-state index contributed by atoms with van der Waals surface area (Å²) in [6, 6.07) is 30.9. The Morgan fingerprint density at radius 2 is 1.10 bits per heavy atom. The summed E-state index contributed by atoms with van der Waals surface area (Å²) in [6.07, 6.45) is 1.76. The zero-order valence-electron chi connectivity index (χ0n) is 15.8. The Balaban J connectivity index is 1.98. The first-order valence-corrected chi connectivity index (χ1v) is 10.2. The Hall–Kier alpha value is -3.21. The smallest absolute Gasteiger partial charge is 0.225 e. The molecule has 0 amide bonds. The van der Waals surface area contributed by atoms with Gasteiger partial charge in [-0.3, -0.25) is 4.57 Å². The second-order valence-corrected chi connectivity index (χ2v) is 7.57. The third kappa shape index (κ3) is 2.88. The van der Waals surface area contributed by atoms with Gasteiger partial charge in [-0.05, 0) is 28.3 Å². The van der Waals surface area contributed by atoms with E-state index >= 15 is 0 Å². The van der Waals surface area contributed by atoms with Crippen molar-refractivity contribution >= 4 is 34.4 Å². The maximum atomic E-state index is 6.35. The van der Waals surface area contributed by atoms with Gasteiger partial charge in [-0.25, -0.2) is 9.97 Å². The lowest BCUT2D eigenvalue weighted by Gasteiger charge is -2.37. The van der Waals surface area contributed by atoms with Gasteiger partial charge in [-0.15, -0.1) is 0 Å². The lowest BCUT2D eigenvalue weighted by Crippen LogP contribution is -2.37. The molecule has 0 aliphatic rings. The summed E-state index contributed by atoms with van der Waals surface area (Å²) < 4.78 is 2.03. The van der Waals surface area contributed by atoms with E-state index in [1.165, 1.54) is 0 Å². The predicted octanol–water partition coefficient (Wildman–Crippen LogP) is 5.97. The fourth-order valence-electron chi connectivity index (χ4n) is 4.04. The van der Waals surface area contributed by atoms with E-state index in [0.29, 0.717) is 11.2 Å². The molecule has 0 aliphatic heterocycles. The number of imidazole rings is 1. The van der Waals surface area contributed by atoms with E-state index in [4.69, 9.17) is 23.2 Å². The van der Waals surface area contributed by atoms with Crippen LogP contribution in [-0.2, 0) is 5.54 Å². The van der Waals surface area contributed by atoms with E-state index in [0.717, 1.165) is 16.7 Å². The Labute approximate surface area is 183 Å². The Morgan fingerprint density at radius 3 is 1.57 bits per heavy atom. The van der Waals surface area contributed by atoms with E-state index in [1.807, 2.05) is 59.2 Å². The molecule has 0 radical (unpaired) electrons. The van der Waals surface area contributed by atoms with Crippen LogP contribution in [0.1, 0.15) is 16.7 Å². The zero-order valence-corrected chi connectivity index (χ0v) is 17.3. The zero-order chi connectivity index (χ0) is 20.6. The highest BCUT2D eigenvalue weighted by molar-refractivity contribution is 6.35. The quantitative estimate of drug-likeness (QED) is 0.200. The van der Waals surface area contributed by atoms with E-state index in [1.54, 1.807) is 6.33 Å². The highest BCUT2D eigenvalue weighted by Crippen LogP contribution is 2.42. The fourth-order valence-corrected chi connectivity index (χ4v) is 4.46. The van der Waals surface area contributed by atoms with Gasteiger partial charge in [0, 0.05) is 0 Å². The van der Waals surface area contributed by atoms with Crippen LogP contribution in [0, 0.1) is 0 Å². The average molecular weight is 431 g/mol. The molecule has 0 saturated carbocycles. The van der Waals surface area contributed by atoms with Gasteiger partial charge >= 0.3 is 0 Å². The number of nitrogens with zero attached hydrogens (tertiary/aromatic N) is 4. The number of fused-ring (bicyclic) bond motifs is 1. The fraction of sp³-hybridized carbons (Fsp3) is 0.0417. The Bertz CT molecular complexity index is 1210. The molecule has 0 fully saturated rings. The van der Waals surface area contributed by atoms with Crippen molar-refractivity contribution in [1.29, 1.82) is 0 Å². The molecule has 0 bridgehead atoms. The minimum absolute atomic E-state index is 0.0809. The SMILES string of the molecule is Clc1nc(Cl)c2ncn(C(c3ccccc3)(c3ccccc3)c3ccccc3)c2n1. The second kappa shape index (κ2) is 7.56. The maximum absolute atomic E-state index is 6.35. The highest BCUT2D eigenvalue weighted by atomic mass is 35.5. The summed E-state index contributed by atoms with van der Waals surface area (Å²) in [4.78, 5) is 13.1. The first kappa shape index (κ1) is 18.8. The van der Waals surface area contributed by atoms with Gasteiger partial charge in [0.2, 0.25) is 5.28 Å². The third-order valence-corrected chi connectivity index (χ3v) is 5.69. The summed E-state index contributed by atoms with van der Waals surface area (Å²) in [5.41, 5.74) is 3.52. The third-order valence-electron chi connectivity index (χ3n) is 5.26. The first-order chi connectivity index (χ1) is 14.7. The molecule has 0 saturated heterocycles. The van der Waals surface area contributed by atoms with Crippen molar-refractivity contribution in [1.82, 2.24) is 19.5 Å². The number of hydrogen-bond acceptors (Lipinski definition) is 3. The maximum Gasteiger partial charge on any atom is 0.225 e. The molecule has 2 aromatic heterocycles. The Morgan fingerprint density at radius 1 is 0.633 bits per heavy atom.